The molecule has 0 saturated carbocycles. The summed E-state index contributed by atoms with van der Waals surface area (Å²) in [7, 11) is 1.62. The number of β-amino-alcohol motifs (C(OH)–C–C–N with tert-alkyl or cyclic N) is 2. The van der Waals surface area contributed by atoms with Crippen LogP contribution < -0.4 is 14.2 Å². The van der Waals surface area contributed by atoms with Crippen molar-refractivity contribution in [3.8, 4) is 17.2 Å². The molecule has 2 aliphatic rings. The van der Waals surface area contributed by atoms with Crippen molar-refractivity contribution in [1.29, 1.82) is 0 Å². The standard InChI is InChI=1S/C23H29NO5/c1-27-20-7-3-2-6-18(20)23(26)10-4-11-24(16-23)15-19(25)17-8-9-21-22(14-17)29-13-5-12-28-21/h2-3,6-9,14,19,25-26H,4-5,10-13,15-16H2,1H3/t19-,23+/m1/s1. The van der Waals surface area contributed by atoms with E-state index in [0.29, 0.717) is 44.2 Å². The Morgan fingerprint density at radius 2 is 1.90 bits per heavy atom. The minimum absolute atomic E-state index is 0.442. The number of likely N-dealkylation sites (tertiary alicyclic amines) is 1. The number of hydrogen-bond donors (Lipinski definition) is 2. The maximum Gasteiger partial charge on any atom is 0.161 e. The van der Waals surface area contributed by atoms with E-state index in [9.17, 15) is 10.2 Å². The molecule has 2 N–H and O–H groups in total. The predicted molar refractivity (Wildman–Crippen MR) is 110 cm³/mol. The number of rotatable bonds is 5. The largest absolute Gasteiger partial charge is 0.496 e. The van der Waals surface area contributed by atoms with Gasteiger partial charge in [-0.1, -0.05) is 24.3 Å². The molecular weight excluding hydrogens is 370 g/mol. The Morgan fingerprint density at radius 3 is 2.72 bits per heavy atom. The Hall–Kier alpha value is -2.28. The van der Waals surface area contributed by atoms with Crippen LogP contribution in [0.2, 0.25) is 0 Å². The van der Waals surface area contributed by atoms with Gasteiger partial charge in [0.05, 0.1) is 26.4 Å². The van der Waals surface area contributed by atoms with Gasteiger partial charge in [-0.05, 0) is 43.1 Å². The van der Waals surface area contributed by atoms with Crippen LogP contribution in [0.5, 0.6) is 17.2 Å². The van der Waals surface area contributed by atoms with Crippen molar-refractivity contribution < 1.29 is 24.4 Å². The molecule has 0 aromatic heterocycles. The Labute approximate surface area is 171 Å². The average molecular weight is 399 g/mol. The SMILES string of the molecule is COc1ccccc1[C@]1(O)CCCN(C[C@@H](O)c2ccc3c(c2)OCCCO3)C1. The molecule has 0 bridgehead atoms. The molecule has 29 heavy (non-hydrogen) atoms. The lowest BCUT2D eigenvalue weighted by Crippen LogP contribution is -2.47. The minimum Gasteiger partial charge on any atom is -0.496 e. The van der Waals surface area contributed by atoms with Gasteiger partial charge in [0.15, 0.2) is 11.5 Å². The van der Waals surface area contributed by atoms with Gasteiger partial charge >= 0.3 is 0 Å². The lowest BCUT2D eigenvalue weighted by molar-refractivity contribution is -0.0474. The zero-order chi connectivity index (χ0) is 20.3. The van der Waals surface area contributed by atoms with Gasteiger partial charge < -0.3 is 24.4 Å². The molecule has 1 saturated heterocycles. The second-order valence-electron chi connectivity index (χ2n) is 7.84. The topological polar surface area (TPSA) is 71.4 Å². The van der Waals surface area contributed by atoms with Crippen LogP contribution in [-0.4, -0.2) is 55.1 Å². The third kappa shape index (κ3) is 4.34. The van der Waals surface area contributed by atoms with Gasteiger partial charge in [0.1, 0.15) is 11.4 Å². The van der Waals surface area contributed by atoms with E-state index >= 15 is 0 Å². The van der Waals surface area contributed by atoms with Gasteiger partial charge in [-0.25, -0.2) is 0 Å². The van der Waals surface area contributed by atoms with Crippen LogP contribution in [0.1, 0.15) is 36.5 Å². The van der Waals surface area contributed by atoms with Gasteiger partial charge in [-0.3, -0.25) is 4.90 Å². The first kappa shape index (κ1) is 20.0. The lowest BCUT2D eigenvalue weighted by atomic mass is 9.85. The summed E-state index contributed by atoms with van der Waals surface area (Å²) in [6, 6.07) is 13.2. The van der Waals surface area contributed by atoms with Crippen molar-refractivity contribution >= 4 is 0 Å². The Bertz CT molecular complexity index is 842. The van der Waals surface area contributed by atoms with Crippen molar-refractivity contribution in [2.24, 2.45) is 0 Å². The first-order valence-electron chi connectivity index (χ1n) is 10.2. The second kappa shape index (κ2) is 8.61. The fourth-order valence-corrected chi connectivity index (χ4v) is 4.27. The van der Waals surface area contributed by atoms with Crippen molar-refractivity contribution in [2.75, 3.05) is 40.0 Å². The summed E-state index contributed by atoms with van der Waals surface area (Å²) < 4.78 is 16.9. The molecule has 1 fully saturated rings. The van der Waals surface area contributed by atoms with Gasteiger partial charge in [-0.15, -0.1) is 0 Å². The maximum atomic E-state index is 11.4. The Balaban J connectivity index is 1.47. The van der Waals surface area contributed by atoms with Crippen molar-refractivity contribution in [3.05, 3.63) is 53.6 Å². The molecule has 2 aliphatic heterocycles. The number of piperidine rings is 1. The van der Waals surface area contributed by atoms with E-state index in [1.54, 1.807) is 7.11 Å². The maximum absolute atomic E-state index is 11.4. The van der Waals surface area contributed by atoms with Crippen LogP contribution in [0.3, 0.4) is 0 Å². The highest BCUT2D eigenvalue weighted by Gasteiger charge is 2.37. The van der Waals surface area contributed by atoms with Gasteiger partial charge in [-0.2, -0.15) is 0 Å². The molecule has 6 nitrogen and oxygen atoms in total. The van der Waals surface area contributed by atoms with Crippen LogP contribution >= 0.6 is 0 Å². The van der Waals surface area contributed by atoms with Gasteiger partial charge in [0.25, 0.3) is 0 Å². The van der Waals surface area contributed by atoms with Crippen LogP contribution in [-0.2, 0) is 5.60 Å². The molecule has 4 rings (SSSR count). The number of benzene rings is 2. The summed E-state index contributed by atoms with van der Waals surface area (Å²) >= 11 is 0. The molecule has 0 aliphatic carbocycles. The first-order chi connectivity index (χ1) is 14.1. The van der Waals surface area contributed by atoms with E-state index in [1.165, 1.54) is 0 Å². The number of ether oxygens (including phenoxy) is 3. The molecule has 0 unspecified atom stereocenters. The summed E-state index contributed by atoms with van der Waals surface area (Å²) in [6.07, 6.45) is 1.70. The van der Waals surface area contributed by atoms with Gasteiger partial charge in [0, 0.05) is 25.1 Å². The summed E-state index contributed by atoms with van der Waals surface area (Å²) in [4.78, 5) is 2.11. The van der Waals surface area contributed by atoms with Crippen LogP contribution in [0.4, 0.5) is 0 Å². The minimum atomic E-state index is -0.991. The molecule has 6 heteroatoms. The smallest absolute Gasteiger partial charge is 0.161 e. The number of aliphatic hydroxyl groups excluding tert-OH is 1. The van der Waals surface area contributed by atoms with E-state index in [0.717, 1.165) is 36.3 Å². The van der Waals surface area contributed by atoms with Crippen molar-refractivity contribution in [3.63, 3.8) is 0 Å². The van der Waals surface area contributed by atoms with Gasteiger partial charge in [0.2, 0.25) is 0 Å². The normalized spacial score (nSPS) is 23.3. The molecule has 2 atom stereocenters. The van der Waals surface area contributed by atoms with Crippen LogP contribution in [0.15, 0.2) is 42.5 Å². The quantitative estimate of drug-likeness (QED) is 0.806. The summed E-state index contributed by atoms with van der Waals surface area (Å²) in [5, 5.41) is 22.2. The summed E-state index contributed by atoms with van der Waals surface area (Å²) in [6.45, 7) is 2.99. The van der Waals surface area contributed by atoms with E-state index in [1.807, 2.05) is 42.5 Å². The number of aliphatic hydroxyl groups is 2. The zero-order valence-electron chi connectivity index (χ0n) is 16.8. The molecule has 156 valence electrons. The fraction of sp³-hybridized carbons (Fsp3) is 0.478. The Morgan fingerprint density at radius 1 is 1.10 bits per heavy atom. The summed E-state index contributed by atoms with van der Waals surface area (Å²) in [5.74, 6) is 2.10. The number of para-hydroxylation sites is 1. The van der Waals surface area contributed by atoms with E-state index < -0.39 is 11.7 Å². The van der Waals surface area contributed by atoms with Crippen LogP contribution in [0, 0.1) is 0 Å². The second-order valence-corrected chi connectivity index (χ2v) is 7.84. The van der Waals surface area contributed by atoms with Crippen molar-refractivity contribution in [2.45, 2.75) is 31.0 Å². The molecule has 0 radical (unpaired) electrons. The number of hydrogen-bond acceptors (Lipinski definition) is 6. The average Bonchev–Trinajstić information content (AvgIpc) is 2.98. The first-order valence-corrected chi connectivity index (χ1v) is 10.2. The molecule has 2 aromatic carbocycles. The van der Waals surface area contributed by atoms with E-state index in [4.69, 9.17) is 14.2 Å². The number of fused-ring (bicyclic) bond motifs is 1. The third-order valence-corrected chi connectivity index (χ3v) is 5.75. The van der Waals surface area contributed by atoms with E-state index in [2.05, 4.69) is 4.90 Å². The Kier molecular flexibility index (Phi) is 5.94. The highest BCUT2D eigenvalue weighted by molar-refractivity contribution is 5.44. The highest BCUT2D eigenvalue weighted by atomic mass is 16.5. The van der Waals surface area contributed by atoms with E-state index in [-0.39, 0.29) is 0 Å². The predicted octanol–water partition coefficient (Wildman–Crippen LogP) is 2.87. The monoisotopic (exact) mass is 399 g/mol. The van der Waals surface area contributed by atoms with Crippen molar-refractivity contribution in [1.82, 2.24) is 4.90 Å². The summed E-state index contributed by atoms with van der Waals surface area (Å²) in [5.41, 5.74) is 0.605. The molecule has 0 amide bonds. The molecule has 2 heterocycles. The zero-order valence-corrected chi connectivity index (χ0v) is 16.8. The fourth-order valence-electron chi connectivity index (χ4n) is 4.27. The third-order valence-electron chi connectivity index (χ3n) is 5.75. The highest BCUT2D eigenvalue weighted by Crippen LogP contribution is 2.38. The van der Waals surface area contributed by atoms with Crippen LogP contribution in [0.25, 0.3) is 0 Å². The number of nitrogens with zero attached hydrogens (tertiary/aromatic N) is 1. The lowest BCUT2D eigenvalue weighted by Gasteiger charge is -2.40. The molecule has 2 aromatic rings. The molecular formula is C23H29NO5. The number of methoxy groups -OCH3 is 1. The molecule has 0 spiro atoms.